The van der Waals surface area contributed by atoms with Crippen LogP contribution in [0.25, 0.3) is 0 Å². The van der Waals surface area contributed by atoms with E-state index in [4.69, 9.17) is 21.4 Å². The summed E-state index contributed by atoms with van der Waals surface area (Å²) >= 11 is 5.72. The maximum Gasteiger partial charge on any atom is 0.423 e. The maximum absolute atomic E-state index is 10.2. The molecule has 76 valence electrons. The number of benzene rings is 1. The van der Waals surface area contributed by atoms with Gasteiger partial charge in [-0.3, -0.25) is 5.43 Å². The highest BCUT2D eigenvalue weighted by Gasteiger charge is 2.03. The number of anilines is 1. The first-order valence-corrected chi connectivity index (χ1v) is 4.10. The van der Waals surface area contributed by atoms with Crippen LogP contribution in [0.5, 0.6) is 5.75 Å². The molecule has 0 bridgehead atoms. The first-order valence-electron chi connectivity index (χ1n) is 3.72. The third-order valence-corrected chi connectivity index (χ3v) is 1.70. The maximum atomic E-state index is 10.2. The average Bonchev–Trinajstić information content (AvgIpc) is 2.15. The van der Waals surface area contributed by atoms with E-state index in [2.05, 4.69) is 5.43 Å². The Balaban J connectivity index is 2.82. The van der Waals surface area contributed by atoms with Crippen molar-refractivity contribution in [2.75, 3.05) is 12.5 Å². The van der Waals surface area contributed by atoms with Crippen molar-refractivity contribution in [1.82, 2.24) is 5.43 Å². The number of hydrogen-bond donors (Lipinski definition) is 3. The van der Waals surface area contributed by atoms with Crippen LogP contribution in [0.15, 0.2) is 18.2 Å². The van der Waals surface area contributed by atoms with Crippen molar-refractivity contribution in [3.8, 4) is 5.75 Å². The van der Waals surface area contributed by atoms with Crippen LogP contribution >= 0.6 is 11.6 Å². The second kappa shape index (κ2) is 4.57. The molecule has 0 spiro atoms. The van der Waals surface area contributed by atoms with Gasteiger partial charge in [0.2, 0.25) is 0 Å². The molecule has 0 fully saturated rings. The normalized spacial score (nSPS) is 9.29. The highest BCUT2D eigenvalue weighted by molar-refractivity contribution is 6.30. The number of nitrogens with one attached hydrogen (secondary N) is 2. The standard InChI is InChI=1S/C8H9ClN2O3/c1-14-7-3-2-5(9)4-6(7)10-11-8(12)13/h2-4,10-11H,1H3,(H,12,13). The molecule has 1 aromatic carbocycles. The van der Waals surface area contributed by atoms with E-state index in [1.807, 2.05) is 5.43 Å². The van der Waals surface area contributed by atoms with Gasteiger partial charge in [0, 0.05) is 5.02 Å². The van der Waals surface area contributed by atoms with Crippen LogP contribution in [0.4, 0.5) is 10.5 Å². The zero-order valence-corrected chi connectivity index (χ0v) is 8.13. The molecule has 0 aliphatic heterocycles. The first-order chi connectivity index (χ1) is 6.63. The molecule has 14 heavy (non-hydrogen) atoms. The minimum atomic E-state index is -1.19. The van der Waals surface area contributed by atoms with Crippen LogP contribution in [0, 0.1) is 0 Å². The number of ether oxygens (including phenoxy) is 1. The van der Waals surface area contributed by atoms with Gasteiger partial charge >= 0.3 is 6.09 Å². The molecule has 0 saturated carbocycles. The van der Waals surface area contributed by atoms with Gasteiger partial charge in [-0.2, -0.15) is 0 Å². The van der Waals surface area contributed by atoms with Gasteiger partial charge in [-0.1, -0.05) is 11.6 Å². The summed E-state index contributed by atoms with van der Waals surface area (Å²) in [6.45, 7) is 0. The molecule has 0 aliphatic carbocycles. The smallest absolute Gasteiger partial charge is 0.423 e. The molecule has 1 amide bonds. The summed E-state index contributed by atoms with van der Waals surface area (Å²) in [5.41, 5.74) is 4.90. The Morgan fingerprint density at radius 1 is 1.57 bits per heavy atom. The molecule has 0 heterocycles. The molecule has 1 aromatic rings. The summed E-state index contributed by atoms with van der Waals surface area (Å²) in [7, 11) is 1.48. The number of hydrogen-bond acceptors (Lipinski definition) is 3. The fourth-order valence-electron chi connectivity index (χ4n) is 0.899. The lowest BCUT2D eigenvalue weighted by atomic mass is 10.3. The molecule has 0 radical (unpaired) electrons. The zero-order chi connectivity index (χ0) is 10.6. The van der Waals surface area contributed by atoms with Gasteiger partial charge < -0.3 is 9.84 Å². The third kappa shape index (κ3) is 2.70. The number of amides is 1. The predicted octanol–water partition coefficient (Wildman–Crippen LogP) is 1.94. The van der Waals surface area contributed by atoms with Crippen molar-refractivity contribution in [1.29, 1.82) is 0 Å². The van der Waals surface area contributed by atoms with Crippen LogP contribution in [-0.2, 0) is 0 Å². The summed E-state index contributed by atoms with van der Waals surface area (Å²) in [6, 6.07) is 4.83. The molecule has 0 saturated heterocycles. The highest BCUT2D eigenvalue weighted by atomic mass is 35.5. The van der Waals surface area contributed by atoms with E-state index in [0.717, 1.165) is 0 Å². The summed E-state index contributed by atoms with van der Waals surface area (Å²) in [5.74, 6) is 0.503. The van der Waals surface area contributed by atoms with Crippen molar-refractivity contribution >= 4 is 23.4 Å². The van der Waals surface area contributed by atoms with Crippen molar-refractivity contribution in [3.05, 3.63) is 23.2 Å². The molecular weight excluding hydrogens is 208 g/mol. The van der Waals surface area contributed by atoms with Crippen molar-refractivity contribution in [2.24, 2.45) is 0 Å². The Bertz CT molecular complexity index is 343. The molecule has 0 unspecified atom stereocenters. The van der Waals surface area contributed by atoms with E-state index >= 15 is 0 Å². The van der Waals surface area contributed by atoms with Crippen LogP contribution < -0.4 is 15.6 Å². The fraction of sp³-hybridized carbons (Fsp3) is 0.125. The van der Waals surface area contributed by atoms with Crippen LogP contribution in [0.2, 0.25) is 5.02 Å². The fourth-order valence-corrected chi connectivity index (χ4v) is 1.07. The van der Waals surface area contributed by atoms with Gasteiger partial charge in [0.05, 0.1) is 12.8 Å². The Morgan fingerprint density at radius 2 is 2.29 bits per heavy atom. The van der Waals surface area contributed by atoms with Gasteiger partial charge in [0.15, 0.2) is 0 Å². The lowest BCUT2D eigenvalue weighted by Crippen LogP contribution is -2.27. The van der Waals surface area contributed by atoms with E-state index < -0.39 is 6.09 Å². The average molecular weight is 217 g/mol. The Hall–Kier alpha value is -1.62. The number of carbonyl (C=O) groups is 1. The van der Waals surface area contributed by atoms with Gasteiger partial charge in [-0.15, -0.1) is 0 Å². The number of hydrazine groups is 1. The summed E-state index contributed by atoms with van der Waals surface area (Å²) in [6.07, 6.45) is -1.19. The minimum Gasteiger partial charge on any atom is -0.495 e. The Morgan fingerprint density at radius 3 is 2.86 bits per heavy atom. The third-order valence-electron chi connectivity index (χ3n) is 1.47. The Labute approximate surface area is 85.6 Å². The minimum absolute atomic E-state index is 0.461. The molecule has 0 aliphatic rings. The quantitative estimate of drug-likeness (QED) is 0.676. The number of halogens is 1. The number of rotatable bonds is 3. The van der Waals surface area contributed by atoms with Crippen LogP contribution in [-0.4, -0.2) is 18.3 Å². The van der Waals surface area contributed by atoms with E-state index in [1.165, 1.54) is 7.11 Å². The second-order valence-electron chi connectivity index (χ2n) is 2.40. The van der Waals surface area contributed by atoms with Crippen molar-refractivity contribution < 1.29 is 14.6 Å². The first kappa shape index (κ1) is 10.5. The second-order valence-corrected chi connectivity index (χ2v) is 2.84. The van der Waals surface area contributed by atoms with Crippen LogP contribution in [0.3, 0.4) is 0 Å². The lowest BCUT2D eigenvalue weighted by Gasteiger charge is -2.10. The van der Waals surface area contributed by atoms with E-state index in [9.17, 15) is 4.79 Å². The molecule has 6 heteroatoms. The molecule has 3 N–H and O–H groups in total. The highest BCUT2D eigenvalue weighted by Crippen LogP contribution is 2.26. The topological polar surface area (TPSA) is 70.6 Å². The van der Waals surface area contributed by atoms with E-state index in [0.29, 0.717) is 16.5 Å². The van der Waals surface area contributed by atoms with E-state index in [1.54, 1.807) is 18.2 Å². The van der Waals surface area contributed by atoms with Crippen LogP contribution in [0.1, 0.15) is 0 Å². The van der Waals surface area contributed by atoms with Gasteiger partial charge in [0.25, 0.3) is 0 Å². The van der Waals surface area contributed by atoms with Crippen molar-refractivity contribution in [3.63, 3.8) is 0 Å². The molecule has 0 aromatic heterocycles. The van der Waals surface area contributed by atoms with Gasteiger partial charge in [-0.25, -0.2) is 10.2 Å². The monoisotopic (exact) mass is 216 g/mol. The summed E-state index contributed by atoms with van der Waals surface area (Å²) in [4.78, 5) is 10.2. The Kier molecular flexibility index (Phi) is 3.41. The summed E-state index contributed by atoms with van der Waals surface area (Å²) < 4.78 is 4.98. The zero-order valence-electron chi connectivity index (χ0n) is 7.37. The number of carboxylic acid groups (broad SMARTS) is 1. The molecule has 0 atom stereocenters. The summed E-state index contributed by atoms with van der Waals surface area (Å²) in [5, 5.41) is 8.85. The largest absolute Gasteiger partial charge is 0.495 e. The van der Waals surface area contributed by atoms with Gasteiger partial charge in [0.1, 0.15) is 5.75 Å². The van der Waals surface area contributed by atoms with Crippen molar-refractivity contribution in [2.45, 2.75) is 0 Å². The lowest BCUT2D eigenvalue weighted by molar-refractivity contribution is 0.197. The molecular formula is C8H9ClN2O3. The number of methoxy groups -OCH3 is 1. The van der Waals surface area contributed by atoms with Gasteiger partial charge in [-0.05, 0) is 18.2 Å². The molecule has 1 rings (SSSR count). The SMILES string of the molecule is COc1ccc(Cl)cc1NNC(=O)O. The predicted molar refractivity (Wildman–Crippen MR) is 52.8 cm³/mol. The van der Waals surface area contributed by atoms with E-state index in [-0.39, 0.29) is 0 Å². The molecule has 5 nitrogen and oxygen atoms in total.